The summed E-state index contributed by atoms with van der Waals surface area (Å²) in [7, 11) is 4.81. The van der Waals surface area contributed by atoms with Crippen molar-refractivity contribution in [3.63, 3.8) is 0 Å². The Morgan fingerprint density at radius 1 is 0.909 bits per heavy atom. The van der Waals surface area contributed by atoms with Crippen LogP contribution in [-0.4, -0.2) is 38.7 Å². The number of hydrogen-bond donors (Lipinski definition) is 0. The molecule has 0 N–H and O–H groups in total. The van der Waals surface area contributed by atoms with Gasteiger partial charge in [0.05, 0.1) is 33.8 Å². The Morgan fingerprint density at radius 2 is 1.61 bits per heavy atom. The molecular formula is C26H26ClNO5. The fourth-order valence-electron chi connectivity index (χ4n) is 4.06. The van der Waals surface area contributed by atoms with Crippen LogP contribution in [0.25, 0.3) is 0 Å². The van der Waals surface area contributed by atoms with Gasteiger partial charge in [0, 0.05) is 11.6 Å². The first-order chi connectivity index (χ1) is 16.0. The van der Waals surface area contributed by atoms with E-state index in [0.29, 0.717) is 28.8 Å². The van der Waals surface area contributed by atoms with Gasteiger partial charge in [-0.15, -0.1) is 0 Å². The van der Waals surface area contributed by atoms with Crippen molar-refractivity contribution in [1.29, 1.82) is 0 Å². The molecule has 7 heteroatoms. The molecule has 172 valence electrons. The second kappa shape index (κ2) is 10.0. The average Bonchev–Trinajstić information content (AvgIpc) is 2.83. The Kier molecular flexibility index (Phi) is 6.94. The molecule has 1 aliphatic heterocycles. The summed E-state index contributed by atoms with van der Waals surface area (Å²) in [5, 5.41) is 0.634. The van der Waals surface area contributed by atoms with Crippen LogP contribution in [0.1, 0.15) is 22.7 Å². The van der Waals surface area contributed by atoms with Crippen LogP contribution in [0.2, 0.25) is 5.02 Å². The predicted octanol–water partition coefficient (Wildman–Crippen LogP) is 5.07. The minimum Gasteiger partial charge on any atom is -0.497 e. The highest BCUT2D eigenvalue weighted by Crippen LogP contribution is 2.39. The van der Waals surface area contributed by atoms with Crippen molar-refractivity contribution in [3.05, 3.63) is 82.4 Å². The zero-order chi connectivity index (χ0) is 23.4. The van der Waals surface area contributed by atoms with Crippen molar-refractivity contribution in [2.45, 2.75) is 19.0 Å². The maximum atomic E-state index is 13.3. The van der Waals surface area contributed by atoms with Crippen molar-refractivity contribution in [3.8, 4) is 23.0 Å². The molecule has 0 saturated carbocycles. The average molecular weight is 468 g/mol. The van der Waals surface area contributed by atoms with Crippen molar-refractivity contribution >= 4 is 17.5 Å². The van der Waals surface area contributed by atoms with Crippen molar-refractivity contribution in [2.75, 3.05) is 27.9 Å². The summed E-state index contributed by atoms with van der Waals surface area (Å²) in [6, 6.07) is 18.4. The van der Waals surface area contributed by atoms with Crippen molar-refractivity contribution < 1.29 is 23.7 Å². The molecule has 0 radical (unpaired) electrons. The maximum Gasteiger partial charge on any atom is 0.227 e. The maximum absolute atomic E-state index is 13.3. The number of carbonyl (C=O) groups is 1. The topological polar surface area (TPSA) is 57.2 Å². The van der Waals surface area contributed by atoms with Gasteiger partial charge in [0.1, 0.15) is 18.1 Å². The van der Waals surface area contributed by atoms with Crippen LogP contribution in [0, 0.1) is 0 Å². The Balaban J connectivity index is 1.69. The van der Waals surface area contributed by atoms with Gasteiger partial charge in [0.25, 0.3) is 0 Å². The molecule has 0 bridgehead atoms. The molecule has 0 saturated heterocycles. The van der Waals surface area contributed by atoms with Gasteiger partial charge in [0.2, 0.25) is 5.91 Å². The number of methoxy groups -OCH3 is 3. The van der Waals surface area contributed by atoms with E-state index in [1.54, 1.807) is 21.3 Å². The Labute approximate surface area is 198 Å². The third-order valence-corrected chi connectivity index (χ3v) is 5.99. The molecular weight excluding hydrogens is 442 g/mol. The van der Waals surface area contributed by atoms with Gasteiger partial charge in [0.15, 0.2) is 11.5 Å². The molecule has 3 aromatic rings. The smallest absolute Gasteiger partial charge is 0.227 e. The molecule has 33 heavy (non-hydrogen) atoms. The summed E-state index contributed by atoms with van der Waals surface area (Å²) in [5.74, 6) is 2.67. The Hall–Kier alpha value is -3.38. The summed E-state index contributed by atoms with van der Waals surface area (Å²) in [6.07, 6.45) is 0.273. The molecule has 1 unspecified atom stereocenters. The minimum atomic E-state index is -0.317. The van der Waals surface area contributed by atoms with Crippen LogP contribution in [0.4, 0.5) is 0 Å². The first kappa shape index (κ1) is 22.8. The normalized spacial score (nSPS) is 15.1. The van der Waals surface area contributed by atoms with E-state index in [1.807, 2.05) is 65.6 Å². The lowest BCUT2D eigenvalue weighted by atomic mass is 9.91. The molecule has 0 aromatic heterocycles. The molecule has 1 amide bonds. The largest absolute Gasteiger partial charge is 0.497 e. The third-order valence-electron chi connectivity index (χ3n) is 5.75. The molecule has 4 rings (SSSR count). The summed E-state index contributed by atoms with van der Waals surface area (Å²) in [6.45, 7) is 0.699. The van der Waals surface area contributed by atoms with E-state index in [4.69, 9.17) is 30.5 Å². The van der Waals surface area contributed by atoms with Gasteiger partial charge in [-0.1, -0.05) is 23.7 Å². The van der Waals surface area contributed by atoms with Gasteiger partial charge in [-0.2, -0.15) is 0 Å². The first-order valence-corrected chi connectivity index (χ1v) is 11.0. The Bertz CT molecular complexity index is 1130. The number of carbonyl (C=O) groups excluding carboxylic acids is 1. The lowest BCUT2D eigenvalue weighted by molar-refractivity contribution is -0.135. The molecule has 6 nitrogen and oxygen atoms in total. The molecule has 1 heterocycles. The summed E-state index contributed by atoms with van der Waals surface area (Å²) >= 11 is 6.19. The quantitative estimate of drug-likeness (QED) is 0.463. The lowest BCUT2D eigenvalue weighted by Gasteiger charge is -2.37. The number of amides is 1. The van der Waals surface area contributed by atoms with Gasteiger partial charge >= 0.3 is 0 Å². The number of ether oxygens (including phenoxy) is 4. The summed E-state index contributed by atoms with van der Waals surface area (Å²) in [4.78, 5) is 15.1. The SMILES string of the molecule is COc1ccc(OCC2c3cc(OC)c(OC)cc3CC(=O)N2Cc2cccc(Cl)c2)cc1. The highest BCUT2D eigenvalue weighted by Gasteiger charge is 2.34. The van der Waals surface area contributed by atoms with Crippen LogP contribution in [0.15, 0.2) is 60.7 Å². The molecule has 1 atom stereocenters. The summed E-state index contributed by atoms with van der Waals surface area (Å²) < 4.78 is 22.3. The van der Waals surface area contributed by atoms with E-state index in [0.717, 1.165) is 22.4 Å². The number of halogens is 1. The fraction of sp³-hybridized carbons (Fsp3) is 0.269. The van der Waals surface area contributed by atoms with E-state index >= 15 is 0 Å². The monoisotopic (exact) mass is 467 g/mol. The molecule has 0 aliphatic carbocycles. The summed E-state index contributed by atoms with van der Waals surface area (Å²) in [5.41, 5.74) is 2.83. The lowest BCUT2D eigenvalue weighted by Crippen LogP contribution is -2.42. The fourth-order valence-corrected chi connectivity index (χ4v) is 4.28. The Morgan fingerprint density at radius 3 is 2.27 bits per heavy atom. The molecule has 0 spiro atoms. The highest BCUT2D eigenvalue weighted by atomic mass is 35.5. The predicted molar refractivity (Wildman–Crippen MR) is 126 cm³/mol. The molecule has 1 aliphatic rings. The number of benzene rings is 3. The second-order valence-corrected chi connectivity index (χ2v) is 8.17. The van der Waals surface area contributed by atoms with Crippen LogP contribution in [0.3, 0.4) is 0 Å². The standard InChI is InChI=1S/C26H26ClNO5/c1-30-20-7-9-21(10-8-20)33-16-23-22-14-25(32-3)24(31-2)12-18(22)13-26(29)28(23)15-17-5-4-6-19(27)11-17/h4-12,14,23H,13,15-16H2,1-3H3. The molecule has 3 aromatic carbocycles. The van der Waals surface area contributed by atoms with E-state index in [2.05, 4.69) is 0 Å². The van der Waals surface area contributed by atoms with E-state index < -0.39 is 0 Å². The van der Waals surface area contributed by atoms with Gasteiger partial charge < -0.3 is 23.8 Å². The first-order valence-electron chi connectivity index (χ1n) is 10.6. The zero-order valence-corrected chi connectivity index (χ0v) is 19.6. The van der Waals surface area contributed by atoms with Crippen LogP contribution in [0.5, 0.6) is 23.0 Å². The number of hydrogen-bond acceptors (Lipinski definition) is 5. The zero-order valence-electron chi connectivity index (χ0n) is 18.8. The van der Waals surface area contributed by atoms with E-state index in [1.165, 1.54) is 0 Å². The van der Waals surface area contributed by atoms with Gasteiger partial charge in [-0.25, -0.2) is 0 Å². The van der Waals surface area contributed by atoms with E-state index in [-0.39, 0.29) is 25.0 Å². The van der Waals surface area contributed by atoms with Crippen molar-refractivity contribution in [2.24, 2.45) is 0 Å². The van der Waals surface area contributed by atoms with Gasteiger partial charge in [-0.3, -0.25) is 4.79 Å². The molecule has 0 fully saturated rings. The van der Waals surface area contributed by atoms with Crippen LogP contribution >= 0.6 is 11.6 Å². The van der Waals surface area contributed by atoms with Gasteiger partial charge in [-0.05, 0) is 65.2 Å². The van der Waals surface area contributed by atoms with Crippen molar-refractivity contribution in [1.82, 2.24) is 4.90 Å². The van der Waals surface area contributed by atoms with Crippen LogP contribution < -0.4 is 18.9 Å². The second-order valence-electron chi connectivity index (χ2n) is 7.74. The number of rotatable bonds is 8. The highest BCUT2D eigenvalue weighted by molar-refractivity contribution is 6.30. The minimum absolute atomic E-state index is 0.0121. The van der Waals surface area contributed by atoms with E-state index in [9.17, 15) is 4.79 Å². The van der Waals surface area contributed by atoms with Crippen LogP contribution in [-0.2, 0) is 17.8 Å². The third kappa shape index (κ3) is 5.01. The number of fused-ring (bicyclic) bond motifs is 1. The number of nitrogens with zero attached hydrogens (tertiary/aromatic N) is 1.